The van der Waals surface area contributed by atoms with Crippen molar-refractivity contribution < 1.29 is 19.1 Å². The molecule has 0 amide bonds. The predicted molar refractivity (Wildman–Crippen MR) is 160 cm³/mol. The zero-order chi connectivity index (χ0) is 28.6. The molecule has 0 aromatic carbocycles. The van der Waals surface area contributed by atoms with Crippen LogP contribution < -0.4 is 0 Å². The van der Waals surface area contributed by atoms with E-state index in [2.05, 4.69) is 55.4 Å². The molecule has 1 aliphatic rings. The first kappa shape index (κ1) is 35.0. The van der Waals surface area contributed by atoms with Gasteiger partial charge in [0.15, 0.2) is 0 Å². The lowest BCUT2D eigenvalue weighted by Gasteiger charge is -2.27. The Bertz CT molecular complexity index is 589. The maximum Gasteiger partial charge on any atom is 0.308 e. The quantitative estimate of drug-likeness (QED) is 0.115. The minimum Gasteiger partial charge on any atom is -0.465 e. The van der Waals surface area contributed by atoms with E-state index in [9.17, 15) is 9.59 Å². The van der Waals surface area contributed by atoms with Gasteiger partial charge in [-0.3, -0.25) is 9.59 Å². The third-order valence-corrected chi connectivity index (χ3v) is 9.43. The van der Waals surface area contributed by atoms with Crippen LogP contribution in [-0.4, -0.2) is 25.2 Å². The average Bonchev–Trinajstić information content (AvgIpc) is 2.89. The van der Waals surface area contributed by atoms with Crippen LogP contribution in [0.15, 0.2) is 0 Å². The van der Waals surface area contributed by atoms with Crippen molar-refractivity contribution in [1.82, 2.24) is 0 Å². The van der Waals surface area contributed by atoms with E-state index in [0.29, 0.717) is 35.9 Å². The van der Waals surface area contributed by atoms with Crippen LogP contribution in [0.1, 0.15) is 158 Å². The fourth-order valence-electron chi connectivity index (χ4n) is 5.32. The van der Waals surface area contributed by atoms with Crippen LogP contribution in [-0.2, 0) is 19.1 Å². The SMILES string of the molecule is CCC(C)(C)CCCCCC(C)COC(=O)C1CCC(C(=O)OCC(C)CCCCCC(C)(C)CC)CC1. The maximum atomic E-state index is 12.6. The number of carbonyl (C=O) groups is 2. The van der Waals surface area contributed by atoms with Crippen molar-refractivity contribution >= 4 is 11.9 Å². The summed E-state index contributed by atoms with van der Waals surface area (Å²) < 4.78 is 11.3. The second kappa shape index (κ2) is 18.3. The molecule has 0 N–H and O–H groups in total. The second-order valence-electron chi connectivity index (χ2n) is 14.3. The summed E-state index contributed by atoms with van der Waals surface area (Å²) in [7, 11) is 0. The molecular weight excluding hydrogens is 472 g/mol. The lowest BCUT2D eigenvalue weighted by atomic mass is 9.82. The Hall–Kier alpha value is -1.06. The zero-order valence-electron chi connectivity index (χ0n) is 26.7. The first-order valence-electron chi connectivity index (χ1n) is 16.2. The van der Waals surface area contributed by atoms with Crippen LogP contribution in [0, 0.1) is 34.5 Å². The molecule has 2 atom stereocenters. The molecule has 2 unspecified atom stereocenters. The van der Waals surface area contributed by atoms with Gasteiger partial charge >= 0.3 is 11.9 Å². The van der Waals surface area contributed by atoms with E-state index in [1.807, 2.05) is 0 Å². The highest BCUT2D eigenvalue weighted by atomic mass is 16.5. The summed E-state index contributed by atoms with van der Waals surface area (Å²) in [6.07, 6.45) is 17.8. The van der Waals surface area contributed by atoms with Crippen molar-refractivity contribution in [3.63, 3.8) is 0 Å². The molecule has 38 heavy (non-hydrogen) atoms. The number of hydrogen-bond donors (Lipinski definition) is 0. The highest BCUT2D eigenvalue weighted by Crippen LogP contribution is 2.31. The summed E-state index contributed by atoms with van der Waals surface area (Å²) in [5, 5.41) is 0. The summed E-state index contributed by atoms with van der Waals surface area (Å²) >= 11 is 0. The molecular formula is C34H64O4. The number of unbranched alkanes of at least 4 members (excludes halogenated alkanes) is 4. The van der Waals surface area contributed by atoms with Crippen LogP contribution >= 0.6 is 0 Å². The van der Waals surface area contributed by atoms with Crippen molar-refractivity contribution in [3.8, 4) is 0 Å². The first-order valence-corrected chi connectivity index (χ1v) is 16.2. The van der Waals surface area contributed by atoms with Gasteiger partial charge in [0, 0.05) is 0 Å². The number of carbonyl (C=O) groups excluding carboxylic acids is 2. The molecule has 0 heterocycles. The summed E-state index contributed by atoms with van der Waals surface area (Å²) in [6, 6.07) is 0. The number of ether oxygens (including phenoxy) is 2. The van der Waals surface area contributed by atoms with Gasteiger partial charge in [-0.05, 0) is 74.0 Å². The second-order valence-corrected chi connectivity index (χ2v) is 14.3. The molecule has 1 saturated carbocycles. The lowest BCUT2D eigenvalue weighted by molar-refractivity contribution is -0.156. The van der Waals surface area contributed by atoms with Crippen LogP contribution in [0.2, 0.25) is 0 Å². The average molecular weight is 537 g/mol. The highest BCUT2D eigenvalue weighted by molar-refractivity contribution is 5.75. The summed E-state index contributed by atoms with van der Waals surface area (Å²) in [6.45, 7) is 19.4. The van der Waals surface area contributed by atoms with Gasteiger partial charge in [-0.2, -0.15) is 0 Å². The molecule has 0 aromatic rings. The van der Waals surface area contributed by atoms with Gasteiger partial charge in [0.2, 0.25) is 0 Å². The molecule has 4 nitrogen and oxygen atoms in total. The van der Waals surface area contributed by atoms with Crippen molar-refractivity contribution in [1.29, 1.82) is 0 Å². The summed E-state index contributed by atoms with van der Waals surface area (Å²) in [4.78, 5) is 25.2. The van der Waals surface area contributed by atoms with Gasteiger partial charge in [0.05, 0.1) is 25.0 Å². The molecule has 0 aliphatic heterocycles. The Morgan fingerprint density at radius 2 is 0.974 bits per heavy atom. The smallest absolute Gasteiger partial charge is 0.308 e. The van der Waals surface area contributed by atoms with E-state index < -0.39 is 0 Å². The number of rotatable bonds is 20. The summed E-state index contributed by atoms with van der Waals surface area (Å²) in [5.41, 5.74) is 0.918. The van der Waals surface area contributed by atoms with Crippen molar-refractivity contribution in [3.05, 3.63) is 0 Å². The predicted octanol–water partition coefficient (Wildman–Crippen LogP) is 9.92. The molecule has 4 heteroatoms. The van der Waals surface area contributed by atoms with Gasteiger partial charge in [-0.15, -0.1) is 0 Å². The molecule has 0 spiro atoms. The normalized spacial score (nSPS) is 20.1. The third-order valence-electron chi connectivity index (χ3n) is 9.43. The van der Waals surface area contributed by atoms with Crippen LogP contribution in [0.25, 0.3) is 0 Å². The van der Waals surface area contributed by atoms with Gasteiger partial charge < -0.3 is 9.47 Å². The van der Waals surface area contributed by atoms with Crippen LogP contribution in [0.3, 0.4) is 0 Å². The molecule has 1 rings (SSSR count). The fraction of sp³-hybridized carbons (Fsp3) is 0.941. The highest BCUT2D eigenvalue weighted by Gasteiger charge is 2.32. The van der Waals surface area contributed by atoms with E-state index in [0.717, 1.165) is 38.5 Å². The minimum absolute atomic E-state index is 0.0564. The van der Waals surface area contributed by atoms with E-state index in [-0.39, 0.29) is 23.8 Å². The zero-order valence-corrected chi connectivity index (χ0v) is 26.7. The Morgan fingerprint density at radius 3 is 1.29 bits per heavy atom. The first-order chi connectivity index (χ1) is 17.9. The molecule has 224 valence electrons. The maximum absolute atomic E-state index is 12.6. The molecule has 0 saturated heterocycles. The number of esters is 2. The Kier molecular flexibility index (Phi) is 16.9. The monoisotopic (exact) mass is 536 g/mol. The van der Waals surface area contributed by atoms with E-state index in [1.54, 1.807) is 0 Å². The van der Waals surface area contributed by atoms with E-state index in [4.69, 9.17) is 9.47 Å². The van der Waals surface area contributed by atoms with Crippen LogP contribution in [0.4, 0.5) is 0 Å². The number of hydrogen-bond acceptors (Lipinski definition) is 4. The molecule has 0 bridgehead atoms. The molecule has 0 radical (unpaired) electrons. The van der Waals surface area contributed by atoms with Gasteiger partial charge in [0.25, 0.3) is 0 Å². The van der Waals surface area contributed by atoms with Gasteiger partial charge in [-0.25, -0.2) is 0 Å². The largest absolute Gasteiger partial charge is 0.465 e. The lowest BCUT2D eigenvalue weighted by Crippen LogP contribution is -2.29. The van der Waals surface area contributed by atoms with Crippen molar-refractivity contribution in [2.24, 2.45) is 34.5 Å². The Balaban J connectivity index is 2.13. The van der Waals surface area contributed by atoms with E-state index in [1.165, 1.54) is 64.2 Å². The third kappa shape index (κ3) is 15.5. The van der Waals surface area contributed by atoms with E-state index >= 15 is 0 Å². The molecule has 0 aromatic heterocycles. The Labute approximate surface area is 236 Å². The fourth-order valence-corrected chi connectivity index (χ4v) is 5.32. The van der Waals surface area contributed by atoms with Gasteiger partial charge in [0.1, 0.15) is 0 Å². The molecule has 1 aliphatic carbocycles. The van der Waals surface area contributed by atoms with Gasteiger partial charge in [-0.1, -0.05) is 107 Å². The topological polar surface area (TPSA) is 52.6 Å². The summed E-state index contributed by atoms with van der Waals surface area (Å²) in [5.74, 6) is 0.580. The molecule has 1 fully saturated rings. The van der Waals surface area contributed by atoms with Crippen molar-refractivity contribution in [2.75, 3.05) is 13.2 Å². The Morgan fingerprint density at radius 1 is 0.632 bits per heavy atom. The minimum atomic E-state index is -0.0655. The van der Waals surface area contributed by atoms with Crippen molar-refractivity contribution in [2.45, 2.75) is 158 Å². The van der Waals surface area contributed by atoms with Crippen LogP contribution in [0.5, 0.6) is 0 Å². The standard InChI is InChI=1S/C34H64O4/c1-9-33(5,6)23-15-11-13-17-27(3)25-37-31(35)29-19-21-30(22-20-29)32(36)38-26-28(4)18-14-12-16-24-34(7,8)10-2/h27-30H,9-26H2,1-8H3.